The van der Waals surface area contributed by atoms with Crippen molar-refractivity contribution in [1.82, 2.24) is 30.5 Å². The average Bonchev–Trinajstić information content (AvgIpc) is 3.01. The van der Waals surface area contributed by atoms with E-state index in [1.54, 1.807) is 16.7 Å². The van der Waals surface area contributed by atoms with Crippen LogP contribution in [-0.4, -0.2) is 65.8 Å². The number of nitrogens with zero attached hydrogens (tertiary/aromatic N) is 4. The third kappa shape index (κ3) is 4.18. The Morgan fingerprint density at radius 2 is 2.42 bits per heavy atom. The zero-order valence-electron chi connectivity index (χ0n) is 11.1. The van der Waals surface area contributed by atoms with Crippen LogP contribution in [0.2, 0.25) is 0 Å². The lowest BCUT2D eigenvalue weighted by Gasteiger charge is -2.12. The predicted octanol–water partition coefficient (Wildman–Crippen LogP) is -0.961. The number of carbonyl (C=O) groups excluding carboxylic acids is 1. The van der Waals surface area contributed by atoms with Gasteiger partial charge in [0.25, 0.3) is 0 Å². The molecule has 0 aliphatic carbocycles. The van der Waals surface area contributed by atoms with Crippen molar-refractivity contribution in [2.45, 2.75) is 13.1 Å². The van der Waals surface area contributed by atoms with Crippen LogP contribution in [0.15, 0.2) is 6.20 Å². The summed E-state index contributed by atoms with van der Waals surface area (Å²) >= 11 is 0. The molecule has 1 fully saturated rings. The standard InChI is InChI=1S/C11H20N6O2/c1-19-7-3-12-8-10-9-17(15-14-10)6-5-16-4-2-13-11(16)18/h9,12H,2-8H2,1H3,(H,13,18). The second-order valence-corrected chi connectivity index (χ2v) is 4.36. The molecule has 2 N–H and O–H groups in total. The van der Waals surface area contributed by atoms with E-state index in [-0.39, 0.29) is 6.03 Å². The minimum atomic E-state index is 0.00145. The molecular formula is C11H20N6O2. The Bertz CT molecular complexity index is 408. The van der Waals surface area contributed by atoms with Crippen LogP contribution in [0.3, 0.4) is 0 Å². The van der Waals surface area contributed by atoms with E-state index in [2.05, 4.69) is 20.9 Å². The molecule has 1 aromatic rings. The molecule has 1 aromatic heterocycles. The topological polar surface area (TPSA) is 84.3 Å². The van der Waals surface area contributed by atoms with E-state index >= 15 is 0 Å². The average molecular weight is 268 g/mol. The number of urea groups is 1. The van der Waals surface area contributed by atoms with Crippen LogP contribution in [0, 0.1) is 0 Å². The van der Waals surface area contributed by atoms with E-state index in [4.69, 9.17) is 4.74 Å². The van der Waals surface area contributed by atoms with E-state index < -0.39 is 0 Å². The summed E-state index contributed by atoms with van der Waals surface area (Å²) in [4.78, 5) is 13.1. The molecule has 0 saturated carbocycles. The summed E-state index contributed by atoms with van der Waals surface area (Å²) in [6.45, 7) is 4.96. The number of hydrogen-bond donors (Lipinski definition) is 2. The van der Waals surface area contributed by atoms with E-state index in [0.717, 1.165) is 25.3 Å². The van der Waals surface area contributed by atoms with E-state index in [9.17, 15) is 4.79 Å². The molecule has 1 aliphatic heterocycles. The molecule has 1 aliphatic rings. The number of carbonyl (C=O) groups is 1. The van der Waals surface area contributed by atoms with Crippen molar-refractivity contribution in [3.63, 3.8) is 0 Å². The Hall–Kier alpha value is -1.67. The number of amides is 2. The van der Waals surface area contributed by atoms with Crippen molar-refractivity contribution in [1.29, 1.82) is 0 Å². The highest BCUT2D eigenvalue weighted by molar-refractivity contribution is 5.76. The number of nitrogens with one attached hydrogen (secondary N) is 2. The fourth-order valence-corrected chi connectivity index (χ4v) is 1.87. The lowest BCUT2D eigenvalue weighted by atomic mass is 10.4. The Balaban J connectivity index is 1.69. The van der Waals surface area contributed by atoms with Gasteiger partial charge in [-0.3, -0.25) is 4.68 Å². The Kier molecular flexibility index (Phi) is 5.10. The highest BCUT2D eigenvalue weighted by Crippen LogP contribution is 1.98. The van der Waals surface area contributed by atoms with E-state index in [0.29, 0.717) is 26.2 Å². The van der Waals surface area contributed by atoms with Gasteiger partial charge in [-0.2, -0.15) is 0 Å². The molecule has 1 saturated heterocycles. The molecule has 19 heavy (non-hydrogen) atoms. The zero-order chi connectivity index (χ0) is 13.5. The third-order valence-corrected chi connectivity index (χ3v) is 2.92. The first-order valence-corrected chi connectivity index (χ1v) is 6.41. The number of hydrogen-bond acceptors (Lipinski definition) is 5. The molecule has 0 bridgehead atoms. The second kappa shape index (κ2) is 7.05. The lowest BCUT2D eigenvalue weighted by Crippen LogP contribution is -2.31. The SMILES string of the molecule is COCCNCc1cn(CCN2CCNC2=O)nn1. The molecule has 0 aromatic carbocycles. The molecule has 2 heterocycles. The fraction of sp³-hybridized carbons (Fsp3) is 0.727. The molecule has 2 rings (SSSR count). The number of ether oxygens (including phenoxy) is 1. The summed E-state index contributed by atoms with van der Waals surface area (Å²) < 4.78 is 6.71. The van der Waals surface area contributed by atoms with Gasteiger partial charge in [0.2, 0.25) is 0 Å². The van der Waals surface area contributed by atoms with Gasteiger partial charge in [0, 0.05) is 46.0 Å². The molecule has 0 radical (unpaired) electrons. The normalized spacial score (nSPS) is 15.0. The smallest absolute Gasteiger partial charge is 0.317 e. The summed E-state index contributed by atoms with van der Waals surface area (Å²) in [7, 11) is 1.67. The van der Waals surface area contributed by atoms with Crippen LogP contribution >= 0.6 is 0 Å². The molecule has 2 amide bonds. The van der Waals surface area contributed by atoms with Crippen molar-refractivity contribution in [3.8, 4) is 0 Å². The minimum Gasteiger partial charge on any atom is -0.383 e. The predicted molar refractivity (Wildman–Crippen MR) is 68.6 cm³/mol. The quantitative estimate of drug-likeness (QED) is 0.593. The number of aromatic nitrogens is 3. The maximum Gasteiger partial charge on any atom is 0.317 e. The van der Waals surface area contributed by atoms with Crippen LogP contribution in [0.5, 0.6) is 0 Å². The minimum absolute atomic E-state index is 0.00145. The van der Waals surface area contributed by atoms with E-state index in [1.807, 2.05) is 6.20 Å². The summed E-state index contributed by atoms with van der Waals surface area (Å²) in [5.41, 5.74) is 0.891. The monoisotopic (exact) mass is 268 g/mol. The van der Waals surface area contributed by atoms with Crippen LogP contribution in [-0.2, 0) is 17.8 Å². The first kappa shape index (κ1) is 13.8. The summed E-state index contributed by atoms with van der Waals surface area (Å²) in [6.07, 6.45) is 1.90. The Morgan fingerprint density at radius 3 is 3.16 bits per heavy atom. The summed E-state index contributed by atoms with van der Waals surface area (Å²) in [5.74, 6) is 0. The van der Waals surface area contributed by atoms with Gasteiger partial charge in [0.1, 0.15) is 0 Å². The first-order chi connectivity index (χ1) is 9.29. The van der Waals surface area contributed by atoms with Gasteiger partial charge in [-0.25, -0.2) is 4.79 Å². The Labute approximate surface area is 112 Å². The van der Waals surface area contributed by atoms with Crippen LogP contribution in [0.1, 0.15) is 5.69 Å². The van der Waals surface area contributed by atoms with Crippen LogP contribution < -0.4 is 10.6 Å². The van der Waals surface area contributed by atoms with Crippen molar-refractivity contribution in [3.05, 3.63) is 11.9 Å². The third-order valence-electron chi connectivity index (χ3n) is 2.92. The van der Waals surface area contributed by atoms with Gasteiger partial charge < -0.3 is 20.3 Å². The Morgan fingerprint density at radius 1 is 1.53 bits per heavy atom. The maximum absolute atomic E-state index is 11.4. The van der Waals surface area contributed by atoms with Gasteiger partial charge in [0.15, 0.2) is 0 Å². The second-order valence-electron chi connectivity index (χ2n) is 4.36. The van der Waals surface area contributed by atoms with Crippen molar-refractivity contribution >= 4 is 6.03 Å². The maximum atomic E-state index is 11.4. The van der Waals surface area contributed by atoms with Crippen LogP contribution in [0.4, 0.5) is 4.79 Å². The fourth-order valence-electron chi connectivity index (χ4n) is 1.87. The lowest BCUT2D eigenvalue weighted by molar-refractivity contribution is 0.199. The van der Waals surface area contributed by atoms with Gasteiger partial charge in [-0.1, -0.05) is 5.21 Å². The molecule has 106 valence electrons. The number of methoxy groups -OCH3 is 1. The van der Waals surface area contributed by atoms with Crippen molar-refractivity contribution in [2.24, 2.45) is 0 Å². The largest absolute Gasteiger partial charge is 0.383 e. The van der Waals surface area contributed by atoms with Gasteiger partial charge >= 0.3 is 6.03 Å². The molecule has 0 atom stereocenters. The van der Waals surface area contributed by atoms with Crippen LogP contribution in [0.25, 0.3) is 0 Å². The summed E-state index contributed by atoms with van der Waals surface area (Å²) in [6, 6.07) is 0.00145. The first-order valence-electron chi connectivity index (χ1n) is 6.41. The highest BCUT2D eigenvalue weighted by atomic mass is 16.5. The van der Waals surface area contributed by atoms with E-state index in [1.165, 1.54) is 0 Å². The van der Waals surface area contributed by atoms with Gasteiger partial charge in [0.05, 0.1) is 18.8 Å². The molecule has 0 spiro atoms. The van der Waals surface area contributed by atoms with Gasteiger partial charge in [-0.05, 0) is 0 Å². The van der Waals surface area contributed by atoms with Gasteiger partial charge in [-0.15, -0.1) is 5.10 Å². The number of rotatable bonds is 8. The van der Waals surface area contributed by atoms with Crippen molar-refractivity contribution < 1.29 is 9.53 Å². The molecular weight excluding hydrogens is 248 g/mol. The van der Waals surface area contributed by atoms with Crippen molar-refractivity contribution in [2.75, 3.05) is 39.9 Å². The highest BCUT2D eigenvalue weighted by Gasteiger charge is 2.18. The molecule has 8 nitrogen and oxygen atoms in total. The molecule has 0 unspecified atom stereocenters. The summed E-state index contributed by atoms with van der Waals surface area (Å²) in [5, 5.41) is 14.1. The molecule has 8 heteroatoms. The zero-order valence-corrected chi connectivity index (χ0v) is 11.1.